The van der Waals surface area contributed by atoms with Crippen LogP contribution in [0.2, 0.25) is 0 Å². The van der Waals surface area contributed by atoms with Crippen molar-refractivity contribution >= 4 is 11.8 Å². The van der Waals surface area contributed by atoms with Gasteiger partial charge in [-0.05, 0) is 42.2 Å². The van der Waals surface area contributed by atoms with E-state index >= 15 is 0 Å². The summed E-state index contributed by atoms with van der Waals surface area (Å²) in [5.74, 6) is 2.02. The number of nitrogens with zero attached hydrogens (tertiary/aromatic N) is 1. The SMILES string of the molecule is COc1ccccc1Oc1ccc(CNC(=O)C(C(C)C)N2CCCC2=O)cc1. The van der Waals surface area contributed by atoms with Crippen LogP contribution in [0.4, 0.5) is 0 Å². The molecule has 29 heavy (non-hydrogen) atoms. The second kappa shape index (κ2) is 9.45. The van der Waals surface area contributed by atoms with Crippen molar-refractivity contribution in [2.24, 2.45) is 5.92 Å². The molecule has 1 saturated heterocycles. The van der Waals surface area contributed by atoms with Crippen LogP contribution >= 0.6 is 0 Å². The first-order chi connectivity index (χ1) is 14.0. The highest BCUT2D eigenvalue weighted by Gasteiger charge is 2.34. The zero-order chi connectivity index (χ0) is 20.8. The lowest BCUT2D eigenvalue weighted by Crippen LogP contribution is -2.50. The van der Waals surface area contributed by atoms with Crippen LogP contribution in [0.3, 0.4) is 0 Å². The number of likely N-dealkylation sites (tertiary alicyclic amines) is 1. The Morgan fingerprint density at radius 1 is 1.10 bits per heavy atom. The average Bonchev–Trinajstić information content (AvgIpc) is 3.13. The highest BCUT2D eigenvalue weighted by molar-refractivity contribution is 5.88. The molecule has 0 radical (unpaired) electrons. The van der Waals surface area contributed by atoms with Gasteiger partial charge in [0.05, 0.1) is 7.11 Å². The summed E-state index contributed by atoms with van der Waals surface area (Å²) in [6, 6.07) is 14.6. The summed E-state index contributed by atoms with van der Waals surface area (Å²) < 4.78 is 11.2. The van der Waals surface area contributed by atoms with Crippen LogP contribution in [0.5, 0.6) is 17.2 Å². The number of para-hydroxylation sites is 2. The molecule has 2 aromatic rings. The van der Waals surface area contributed by atoms with Crippen LogP contribution in [-0.4, -0.2) is 36.4 Å². The Morgan fingerprint density at radius 3 is 2.38 bits per heavy atom. The van der Waals surface area contributed by atoms with Crippen molar-refractivity contribution in [3.05, 3.63) is 54.1 Å². The van der Waals surface area contributed by atoms with Gasteiger partial charge in [0.15, 0.2) is 11.5 Å². The van der Waals surface area contributed by atoms with E-state index in [9.17, 15) is 9.59 Å². The van der Waals surface area contributed by atoms with Gasteiger partial charge in [-0.15, -0.1) is 0 Å². The molecular formula is C23H28N2O4. The molecule has 0 aliphatic carbocycles. The molecule has 1 unspecified atom stereocenters. The van der Waals surface area contributed by atoms with E-state index in [1.54, 1.807) is 12.0 Å². The summed E-state index contributed by atoms with van der Waals surface area (Å²) >= 11 is 0. The molecule has 0 aromatic heterocycles. The van der Waals surface area contributed by atoms with Gasteiger partial charge in [-0.3, -0.25) is 9.59 Å². The Morgan fingerprint density at radius 2 is 1.79 bits per heavy atom. The molecule has 1 fully saturated rings. The molecule has 2 amide bonds. The van der Waals surface area contributed by atoms with Crippen molar-refractivity contribution in [3.63, 3.8) is 0 Å². The zero-order valence-electron chi connectivity index (χ0n) is 17.2. The number of nitrogens with one attached hydrogen (secondary N) is 1. The minimum absolute atomic E-state index is 0.0636. The Bertz CT molecular complexity index is 848. The van der Waals surface area contributed by atoms with E-state index in [2.05, 4.69) is 5.32 Å². The Hall–Kier alpha value is -3.02. The molecule has 6 nitrogen and oxygen atoms in total. The van der Waals surface area contributed by atoms with Crippen LogP contribution in [0.15, 0.2) is 48.5 Å². The minimum Gasteiger partial charge on any atom is -0.493 e. The Labute approximate surface area is 171 Å². The molecule has 154 valence electrons. The lowest BCUT2D eigenvalue weighted by Gasteiger charge is -2.29. The van der Waals surface area contributed by atoms with Crippen molar-refractivity contribution in [1.29, 1.82) is 0 Å². The smallest absolute Gasteiger partial charge is 0.243 e. The van der Waals surface area contributed by atoms with Gasteiger partial charge in [0.1, 0.15) is 11.8 Å². The van der Waals surface area contributed by atoms with Gasteiger partial charge < -0.3 is 19.7 Å². The van der Waals surface area contributed by atoms with E-state index < -0.39 is 6.04 Å². The van der Waals surface area contributed by atoms with E-state index in [0.29, 0.717) is 36.8 Å². The van der Waals surface area contributed by atoms with E-state index in [0.717, 1.165) is 12.0 Å². The molecular weight excluding hydrogens is 368 g/mol. The largest absolute Gasteiger partial charge is 0.493 e. The second-order valence-electron chi connectivity index (χ2n) is 7.49. The first-order valence-corrected chi connectivity index (χ1v) is 9.96. The molecule has 6 heteroatoms. The molecule has 2 aromatic carbocycles. The maximum atomic E-state index is 12.7. The summed E-state index contributed by atoms with van der Waals surface area (Å²) in [7, 11) is 1.61. The van der Waals surface area contributed by atoms with Crippen LogP contribution in [0, 0.1) is 5.92 Å². The second-order valence-corrected chi connectivity index (χ2v) is 7.49. The maximum absolute atomic E-state index is 12.7. The molecule has 0 saturated carbocycles. The fourth-order valence-electron chi connectivity index (χ4n) is 3.57. The van der Waals surface area contributed by atoms with Crippen LogP contribution in [0.1, 0.15) is 32.3 Å². The number of ether oxygens (including phenoxy) is 2. The fraction of sp³-hybridized carbons (Fsp3) is 0.391. The van der Waals surface area contributed by atoms with Crippen molar-refractivity contribution < 1.29 is 19.1 Å². The third-order valence-corrected chi connectivity index (χ3v) is 5.03. The van der Waals surface area contributed by atoms with Gasteiger partial charge in [-0.25, -0.2) is 0 Å². The van der Waals surface area contributed by atoms with E-state index in [1.807, 2.05) is 62.4 Å². The van der Waals surface area contributed by atoms with Crippen LogP contribution < -0.4 is 14.8 Å². The van der Waals surface area contributed by atoms with E-state index in [1.165, 1.54) is 0 Å². The highest BCUT2D eigenvalue weighted by Crippen LogP contribution is 2.30. The van der Waals surface area contributed by atoms with Gasteiger partial charge in [-0.2, -0.15) is 0 Å². The lowest BCUT2D eigenvalue weighted by molar-refractivity contribution is -0.139. The van der Waals surface area contributed by atoms with Crippen molar-refractivity contribution in [1.82, 2.24) is 10.2 Å². The summed E-state index contributed by atoms with van der Waals surface area (Å²) in [6.45, 7) is 5.00. The number of amides is 2. The van der Waals surface area contributed by atoms with E-state index in [-0.39, 0.29) is 17.7 Å². The quantitative estimate of drug-likeness (QED) is 0.738. The van der Waals surface area contributed by atoms with Crippen molar-refractivity contribution in [2.75, 3.05) is 13.7 Å². The molecule has 0 spiro atoms. The standard InChI is InChI=1S/C23H28N2O4/c1-16(2)22(25-14-6-9-21(25)26)23(27)24-15-17-10-12-18(13-11-17)29-20-8-5-4-7-19(20)28-3/h4-5,7-8,10-13,16,22H,6,9,14-15H2,1-3H3,(H,24,27). The third-order valence-electron chi connectivity index (χ3n) is 5.03. The molecule has 1 atom stereocenters. The summed E-state index contributed by atoms with van der Waals surface area (Å²) in [5, 5.41) is 2.97. The Balaban J connectivity index is 1.59. The van der Waals surface area contributed by atoms with Gasteiger partial charge in [0, 0.05) is 19.5 Å². The number of carbonyl (C=O) groups excluding carboxylic acids is 2. The number of hydrogen-bond acceptors (Lipinski definition) is 4. The van der Waals surface area contributed by atoms with Crippen LogP contribution in [-0.2, 0) is 16.1 Å². The average molecular weight is 396 g/mol. The third kappa shape index (κ3) is 5.08. The highest BCUT2D eigenvalue weighted by atomic mass is 16.5. The molecule has 1 aliphatic rings. The monoisotopic (exact) mass is 396 g/mol. The van der Waals surface area contributed by atoms with E-state index in [4.69, 9.17) is 9.47 Å². The fourth-order valence-corrected chi connectivity index (χ4v) is 3.57. The lowest BCUT2D eigenvalue weighted by atomic mass is 10.0. The predicted molar refractivity (Wildman–Crippen MR) is 111 cm³/mol. The van der Waals surface area contributed by atoms with Gasteiger partial charge in [-0.1, -0.05) is 38.1 Å². The van der Waals surface area contributed by atoms with Gasteiger partial charge in [0.25, 0.3) is 0 Å². The van der Waals surface area contributed by atoms with Crippen molar-refractivity contribution in [3.8, 4) is 17.2 Å². The maximum Gasteiger partial charge on any atom is 0.243 e. The number of rotatable bonds is 8. The van der Waals surface area contributed by atoms with Crippen LogP contribution in [0.25, 0.3) is 0 Å². The number of hydrogen-bond donors (Lipinski definition) is 1. The van der Waals surface area contributed by atoms with Gasteiger partial charge >= 0.3 is 0 Å². The number of carbonyl (C=O) groups is 2. The molecule has 1 N–H and O–H groups in total. The van der Waals surface area contributed by atoms with Gasteiger partial charge in [0.2, 0.25) is 11.8 Å². The number of benzene rings is 2. The molecule has 3 rings (SSSR count). The molecule has 1 aliphatic heterocycles. The minimum atomic E-state index is -0.418. The Kier molecular flexibility index (Phi) is 6.75. The topological polar surface area (TPSA) is 67.9 Å². The predicted octanol–water partition coefficient (Wildman–Crippen LogP) is 3.75. The summed E-state index contributed by atoms with van der Waals surface area (Å²) in [5.41, 5.74) is 0.959. The first-order valence-electron chi connectivity index (χ1n) is 9.96. The van der Waals surface area contributed by atoms with Crippen molar-refractivity contribution in [2.45, 2.75) is 39.3 Å². The summed E-state index contributed by atoms with van der Waals surface area (Å²) in [4.78, 5) is 26.5. The summed E-state index contributed by atoms with van der Waals surface area (Å²) in [6.07, 6.45) is 1.35. The zero-order valence-corrected chi connectivity index (χ0v) is 17.2. The normalized spacial score (nSPS) is 14.8. The number of methoxy groups -OCH3 is 1. The molecule has 0 bridgehead atoms. The first kappa shape index (κ1) is 20.7. The molecule has 1 heterocycles.